The van der Waals surface area contributed by atoms with Gasteiger partial charge in [0.25, 0.3) is 0 Å². The van der Waals surface area contributed by atoms with Gasteiger partial charge < -0.3 is 14.6 Å². The van der Waals surface area contributed by atoms with Gasteiger partial charge in [0.1, 0.15) is 17.2 Å². The number of nitrogens with zero attached hydrogens (tertiary/aromatic N) is 2. The van der Waals surface area contributed by atoms with Gasteiger partial charge in [0.05, 0.1) is 5.56 Å². The molecule has 3 rings (SSSR count). The molecule has 0 atom stereocenters. The molecule has 0 saturated carbocycles. The van der Waals surface area contributed by atoms with Gasteiger partial charge in [-0.2, -0.15) is 0 Å². The van der Waals surface area contributed by atoms with Crippen molar-refractivity contribution in [3.8, 4) is 11.5 Å². The number of oxazole rings is 1. The molecule has 0 bridgehead atoms. The Hall–Kier alpha value is -2.47. The SMILES string of the molecule is CN(C)CCNc1ccc2oc(-c3cc(F)ccc3F)nc2c1. The molecule has 0 amide bonds. The number of nitrogens with one attached hydrogen (secondary N) is 1. The molecule has 3 aromatic rings. The van der Waals surface area contributed by atoms with Crippen molar-refractivity contribution in [1.82, 2.24) is 9.88 Å². The predicted octanol–water partition coefficient (Wildman–Crippen LogP) is 3.75. The predicted molar refractivity (Wildman–Crippen MR) is 86.4 cm³/mol. The van der Waals surface area contributed by atoms with Crippen LogP contribution in [0, 0.1) is 11.6 Å². The standard InChI is InChI=1S/C17H17F2N3O/c1-22(2)8-7-20-12-4-6-16-15(10-12)21-17(23-16)13-9-11(18)3-5-14(13)19/h3-6,9-10,20H,7-8H2,1-2H3. The zero-order chi connectivity index (χ0) is 16.4. The Balaban J connectivity index is 1.88. The molecule has 0 aliphatic heterocycles. The van der Waals surface area contributed by atoms with E-state index in [2.05, 4.69) is 15.2 Å². The van der Waals surface area contributed by atoms with Crippen LogP contribution in [-0.2, 0) is 0 Å². The molecule has 0 saturated heterocycles. The van der Waals surface area contributed by atoms with Crippen molar-refractivity contribution in [2.45, 2.75) is 0 Å². The van der Waals surface area contributed by atoms with E-state index in [-0.39, 0.29) is 11.5 Å². The van der Waals surface area contributed by atoms with Crippen LogP contribution >= 0.6 is 0 Å². The molecule has 23 heavy (non-hydrogen) atoms. The maximum Gasteiger partial charge on any atom is 0.230 e. The van der Waals surface area contributed by atoms with Gasteiger partial charge in [0, 0.05) is 18.8 Å². The molecule has 0 unspecified atom stereocenters. The third-order valence-corrected chi connectivity index (χ3v) is 3.43. The molecule has 1 N–H and O–H groups in total. The number of hydrogen-bond donors (Lipinski definition) is 1. The summed E-state index contributed by atoms with van der Waals surface area (Å²) in [6.07, 6.45) is 0. The van der Waals surface area contributed by atoms with Crippen molar-refractivity contribution in [2.75, 3.05) is 32.5 Å². The first-order valence-electron chi connectivity index (χ1n) is 7.27. The first-order valence-corrected chi connectivity index (χ1v) is 7.27. The topological polar surface area (TPSA) is 41.3 Å². The minimum absolute atomic E-state index is 0.0170. The Labute approximate surface area is 132 Å². The molecule has 120 valence electrons. The Morgan fingerprint density at radius 2 is 1.96 bits per heavy atom. The van der Waals surface area contributed by atoms with E-state index < -0.39 is 11.6 Å². The van der Waals surface area contributed by atoms with Crippen LogP contribution in [0.4, 0.5) is 14.5 Å². The Bertz CT molecular complexity index is 830. The Morgan fingerprint density at radius 1 is 1.13 bits per heavy atom. The smallest absolute Gasteiger partial charge is 0.230 e. The number of aromatic nitrogens is 1. The molecule has 0 aliphatic carbocycles. The summed E-state index contributed by atoms with van der Waals surface area (Å²) in [4.78, 5) is 6.34. The van der Waals surface area contributed by atoms with Gasteiger partial charge in [-0.3, -0.25) is 0 Å². The van der Waals surface area contributed by atoms with Crippen LogP contribution in [0.25, 0.3) is 22.6 Å². The third kappa shape index (κ3) is 3.48. The second-order valence-corrected chi connectivity index (χ2v) is 5.56. The number of halogens is 2. The molecule has 0 radical (unpaired) electrons. The van der Waals surface area contributed by atoms with Crippen molar-refractivity contribution in [2.24, 2.45) is 0 Å². The second-order valence-electron chi connectivity index (χ2n) is 5.56. The normalized spacial score (nSPS) is 11.3. The van der Waals surface area contributed by atoms with Crippen LogP contribution in [0.2, 0.25) is 0 Å². The lowest BCUT2D eigenvalue weighted by molar-refractivity contribution is 0.425. The van der Waals surface area contributed by atoms with E-state index in [1.54, 1.807) is 6.07 Å². The van der Waals surface area contributed by atoms with Gasteiger partial charge in [-0.1, -0.05) is 0 Å². The Kier molecular flexibility index (Phi) is 4.25. The van der Waals surface area contributed by atoms with Gasteiger partial charge in [0.15, 0.2) is 5.58 Å². The summed E-state index contributed by atoms with van der Waals surface area (Å²) in [5.41, 5.74) is 2.04. The zero-order valence-corrected chi connectivity index (χ0v) is 12.9. The summed E-state index contributed by atoms with van der Waals surface area (Å²) < 4.78 is 32.7. The highest BCUT2D eigenvalue weighted by atomic mass is 19.1. The molecular weight excluding hydrogens is 300 g/mol. The lowest BCUT2D eigenvalue weighted by Gasteiger charge is -2.10. The fourth-order valence-electron chi connectivity index (χ4n) is 2.24. The Morgan fingerprint density at radius 3 is 2.74 bits per heavy atom. The van der Waals surface area contributed by atoms with Crippen LogP contribution in [0.15, 0.2) is 40.8 Å². The molecular formula is C17H17F2N3O. The van der Waals surface area contributed by atoms with E-state index in [0.29, 0.717) is 11.1 Å². The number of likely N-dealkylation sites (N-methyl/N-ethyl adjacent to an activating group) is 1. The summed E-state index contributed by atoms with van der Waals surface area (Å²) in [5.74, 6) is -1.03. The van der Waals surface area contributed by atoms with E-state index >= 15 is 0 Å². The summed E-state index contributed by atoms with van der Waals surface area (Å²) in [6, 6.07) is 8.67. The van der Waals surface area contributed by atoms with Gasteiger partial charge in [-0.05, 0) is 50.5 Å². The van der Waals surface area contributed by atoms with E-state index in [1.807, 2.05) is 26.2 Å². The monoisotopic (exact) mass is 317 g/mol. The lowest BCUT2D eigenvalue weighted by Crippen LogP contribution is -2.20. The van der Waals surface area contributed by atoms with Crippen molar-refractivity contribution in [1.29, 1.82) is 0 Å². The van der Waals surface area contributed by atoms with Crippen LogP contribution in [0.5, 0.6) is 0 Å². The summed E-state index contributed by atoms with van der Waals surface area (Å²) in [7, 11) is 4.00. The largest absolute Gasteiger partial charge is 0.436 e. The average Bonchev–Trinajstić information content (AvgIpc) is 2.92. The molecule has 0 fully saturated rings. The highest BCUT2D eigenvalue weighted by Gasteiger charge is 2.14. The van der Waals surface area contributed by atoms with E-state index in [9.17, 15) is 8.78 Å². The summed E-state index contributed by atoms with van der Waals surface area (Å²) in [6.45, 7) is 1.69. The van der Waals surface area contributed by atoms with Crippen molar-refractivity contribution >= 4 is 16.8 Å². The van der Waals surface area contributed by atoms with Crippen LogP contribution in [0.1, 0.15) is 0 Å². The second kappa shape index (κ2) is 6.34. The average molecular weight is 317 g/mol. The minimum Gasteiger partial charge on any atom is -0.436 e. The van der Waals surface area contributed by atoms with Crippen LogP contribution < -0.4 is 5.32 Å². The van der Waals surface area contributed by atoms with Crippen molar-refractivity contribution < 1.29 is 13.2 Å². The van der Waals surface area contributed by atoms with E-state index in [1.165, 1.54) is 0 Å². The molecule has 6 heteroatoms. The minimum atomic E-state index is -0.567. The quantitative estimate of drug-likeness (QED) is 0.778. The van der Waals surface area contributed by atoms with Gasteiger partial charge in [0.2, 0.25) is 5.89 Å². The molecule has 1 aromatic heterocycles. The fourth-order valence-corrected chi connectivity index (χ4v) is 2.24. The maximum atomic E-state index is 13.8. The molecule has 0 spiro atoms. The summed E-state index contributed by atoms with van der Waals surface area (Å²) in [5, 5.41) is 3.28. The maximum absolute atomic E-state index is 13.8. The molecule has 1 heterocycles. The third-order valence-electron chi connectivity index (χ3n) is 3.43. The van der Waals surface area contributed by atoms with E-state index in [4.69, 9.17) is 4.42 Å². The lowest BCUT2D eigenvalue weighted by atomic mass is 10.2. The number of anilines is 1. The van der Waals surface area contributed by atoms with Gasteiger partial charge >= 0.3 is 0 Å². The molecule has 4 nitrogen and oxygen atoms in total. The highest BCUT2D eigenvalue weighted by molar-refractivity contribution is 5.80. The summed E-state index contributed by atoms with van der Waals surface area (Å²) >= 11 is 0. The van der Waals surface area contributed by atoms with E-state index in [0.717, 1.165) is 37.0 Å². The first-order chi connectivity index (χ1) is 11.0. The highest BCUT2D eigenvalue weighted by Crippen LogP contribution is 2.28. The fraction of sp³-hybridized carbons (Fsp3) is 0.235. The molecule has 0 aliphatic rings. The van der Waals surface area contributed by atoms with Gasteiger partial charge in [-0.15, -0.1) is 0 Å². The number of fused-ring (bicyclic) bond motifs is 1. The van der Waals surface area contributed by atoms with Crippen LogP contribution in [0.3, 0.4) is 0 Å². The van der Waals surface area contributed by atoms with Crippen molar-refractivity contribution in [3.63, 3.8) is 0 Å². The zero-order valence-electron chi connectivity index (χ0n) is 12.9. The van der Waals surface area contributed by atoms with Gasteiger partial charge in [-0.25, -0.2) is 13.8 Å². The molecule has 2 aromatic carbocycles. The number of hydrogen-bond acceptors (Lipinski definition) is 4. The number of rotatable bonds is 5. The van der Waals surface area contributed by atoms with Crippen molar-refractivity contribution in [3.05, 3.63) is 48.0 Å². The first kappa shape index (κ1) is 15.4. The number of benzene rings is 2. The van der Waals surface area contributed by atoms with Crippen LogP contribution in [-0.4, -0.2) is 37.1 Å².